The van der Waals surface area contributed by atoms with Crippen molar-refractivity contribution in [3.8, 4) is 0 Å². The number of nitrogens with one attached hydrogen (secondary N) is 1. The second-order valence-electron chi connectivity index (χ2n) is 6.57. The Hall–Kier alpha value is -2.96. The molecule has 1 N–H and O–H groups in total. The van der Waals surface area contributed by atoms with Crippen LogP contribution in [-0.2, 0) is 33.3 Å². The number of carbonyl (C=O) groups excluding carboxylic acids is 1. The fraction of sp³-hybridized carbons (Fsp3) is 0.286. The fourth-order valence-corrected chi connectivity index (χ4v) is 2.88. The van der Waals surface area contributed by atoms with Gasteiger partial charge in [-0.25, -0.2) is 0 Å². The first kappa shape index (κ1) is 19.8. The first-order chi connectivity index (χ1) is 13.3. The number of alkyl halides is 3. The number of rotatable bonds is 6. The van der Waals surface area contributed by atoms with Crippen LogP contribution < -0.4 is 5.32 Å². The van der Waals surface area contributed by atoms with E-state index in [9.17, 15) is 18.0 Å². The van der Waals surface area contributed by atoms with E-state index in [0.717, 1.165) is 35.2 Å². The van der Waals surface area contributed by atoms with Crippen LogP contribution in [-0.4, -0.2) is 12.2 Å². The third kappa shape index (κ3) is 5.28. The maximum absolute atomic E-state index is 12.6. The lowest BCUT2D eigenvalue weighted by atomic mass is 9.99. The first-order valence-electron chi connectivity index (χ1n) is 8.83. The van der Waals surface area contributed by atoms with Crippen LogP contribution in [0, 0.1) is 6.92 Å². The number of halogens is 3. The molecule has 7 heteroatoms. The van der Waals surface area contributed by atoms with Crippen LogP contribution in [0.1, 0.15) is 28.7 Å². The minimum absolute atomic E-state index is 0.138. The normalized spacial score (nSPS) is 13.9. The summed E-state index contributed by atoms with van der Waals surface area (Å²) in [5, 5.41) is 2.64. The number of benzene rings is 2. The maximum Gasteiger partial charge on any atom is 0.416 e. The van der Waals surface area contributed by atoms with Crippen LogP contribution >= 0.6 is 0 Å². The zero-order valence-corrected chi connectivity index (χ0v) is 15.3. The highest BCUT2D eigenvalue weighted by Gasteiger charge is 2.30. The van der Waals surface area contributed by atoms with E-state index in [1.807, 2.05) is 25.1 Å². The van der Waals surface area contributed by atoms with E-state index in [0.29, 0.717) is 12.1 Å². The minimum Gasteiger partial charge on any atom is -0.459 e. The second kappa shape index (κ2) is 8.37. The molecule has 0 aliphatic carbocycles. The summed E-state index contributed by atoms with van der Waals surface area (Å²) in [6.45, 7) is 1.91. The van der Waals surface area contributed by atoms with Crippen molar-refractivity contribution in [3.63, 3.8) is 0 Å². The van der Waals surface area contributed by atoms with Gasteiger partial charge in [0.2, 0.25) is 12.2 Å². The summed E-state index contributed by atoms with van der Waals surface area (Å²) in [7, 11) is 0. The molecular weight excluding hydrogens is 371 g/mol. The molecule has 2 aromatic carbocycles. The topological polar surface area (TPSA) is 47.6 Å². The first-order valence-corrected chi connectivity index (χ1v) is 8.83. The highest BCUT2D eigenvalue weighted by Crippen LogP contribution is 2.29. The van der Waals surface area contributed by atoms with Crippen LogP contribution in [0.4, 0.5) is 18.9 Å². The Kier molecular flexibility index (Phi) is 5.92. The summed E-state index contributed by atoms with van der Waals surface area (Å²) >= 11 is 0. The van der Waals surface area contributed by atoms with Crippen molar-refractivity contribution in [1.29, 1.82) is 0 Å². The standard InChI is InChI=1S/C21H20F3NO3/c1-14-2-3-15(4-9-20-27-10-11-28-20)12-16(14)13-19(26)25-18-7-5-17(6-8-18)21(22,23)24/h2-3,5-8,10-12,20H,4,9,13H2,1H3,(H,25,26). The molecule has 1 aliphatic heterocycles. The molecule has 148 valence electrons. The SMILES string of the molecule is Cc1ccc(CCC2OC=CO2)cc1CC(=O)Nc1ccc(C(F)(F)F)cc1. The molecule has 4 nitrogen and oxygen atoms in total. The van der Waals surface area contributed by atoms with Crippen molar-refractivity contribution in [3.05, 3.63) is 77.2 Å². The van der Waals surface area contributed by atoms with Gasteiger partial charge in [-0.2, -0.15) is 13.2 Å². The molecule has 0 aromatic heterocycles. The number of anilines is 1. The van der Waals surface area contributed by atoms with E-state index in [1.165, 1.54) is 24.7 Å². The van der Waals surface area contributed by atoms with Crippen molar-refractivity contribution in [2.24, 2.45) is 0 Å². The minimum atomic E-state index is -4.40. The molecular formula is C21H20F3NO3. The van der Waals surface area contributed by atoms with Crippen molar-refractivity contribution < 1.29 is 27.4 Å². The van der Waals surface area contributed by atoms with Crippen LogP contribution in [0.15, 0.2) is 55.0 Å². The Morgan fingerprint density at radius 1 is 1.07 bits per heavy atom. The second-order valence-corrected chi connectivity index (χ2v) is 6.57. The molecule has 0 radical (unpaired) electrons. The van der Waals surface area contributed by atoms with Gasteiger partial charge in [-0.05, 0) is 54.3 Å². The molecule has 3 rings (SSSR count). The van der Waals surface area contributed by atoms with Gasteiger partial charge in [-0.1, -0.05) is 18.2 Å². The van der Waals surface area contributed by atoms with E-state index >= 15 is 0 Å². The smallest absolute Gasteiger partial charge is 0.416 e. The molecule has 28 heavy (non-hydrogen) atoms. The Morgan fingerprint density at radius 3 is 2.39 bits per heavy atom. The third-order valence-corrected chi connectivity index (χ3v) is 4.45. The van der Waals surface area contributed by atoms with Crippen LogP contribution in [0.25, 0.3) is 0 Å². The summed E-state index contributed by atoms with van der Waals surface area (Å²) < 4.78 is 48.3. The monoisotopic (exact) mass is 391 g/mol. The summed E-state index contributed by atoms with van der Waals surface area (Å²) in [6.07, 6.45) is -0.0995. The van der Waals surface area contributed by atoms with Gasteiger partial charge in [0.15, 0.2) is 0 Å². The van der Waals surface area contributed by atoms with Gasteiger partial charge in [-0.3, -0.25) is 4.79 Å². The molecule has 0 unspecified atom stereocenters. The molecule has 0 bridgehead atoms. The van der Waals surface area contributed by atoms with Gasteiger partial charge in [0.1, 0.15) is 12.5 Å². The number of ether oxygens (including phenoxy) is 2. The Morgan fingerprint density at radius 2 is 1.75 bits per heavy atom. The summed E-state index contributed by atoms with van der Waals surface area (Å²) in [6, 6.07) is 10.3. The van der Waals surface area contributed by atoms with E-state index < -0.39 is 11.7 Å². The Bertz CT molecular complexity index is 852. The average molecular weight is 391 g/mol. The molecule has 1 amide bonds. The average Bonchev–Trinajstić information content (AvgIpc) is 3.15. The van der Waals surface area contributed by atoms with Crippen molar-refractivity contribution in [2.75, 3.05) is 5.32 Å². The molecule has 0 saturated carbocycles. The Balaban J connectivity index is 1.59. The van der Waals surface area contributed by atoms with Gasteiger partial charge in [0.25, 0.3) is 0 Å². The maximum atomic E-state index is 12.6. The van der Waals surface area contributed by atoms with Crippen LogP contribution in [0.5, 0.6) is 0 Å². The number of hydrogen-bond donors (Lipinski definition) is 1. The number of amides is 1. The van der Waals surface area contributed by atoms with Gasteiger partial charge in [-0.15, -0.1) is 0 Å². The zero-order valence-electron chi connectivity index (χ0n) is 15.3. The molecule has 0 atom stereocenters. The lowest BCUT2D eigenvalue weighted by Gasteiger charge is -2.12. The van der Waals surface area contributed by atoms with Crippen LogP contribution in [0.2, 0.25) is 0 Å². The summed E-state index contributed by atoms with van der Waals surface area (Å²) in [5.41, 5.74) is 2.48. The van der Waals surface area contributed by atoms with Gasteiger partial charge in [0, 0.05) is 12.1 Å². The third-order valence-electron chi connectivity index (χ3n) is 4.45. The van der Waals surface area contributed by atoms with E-state index in [2.05, 4.69) is 5.32 Å². The lowest BCUT2D eigenvalue weighted by molar-refractivity contribution is -0.137. The summed E-state index contributed by atoms with van der Waals surface area (Å²) in [5.74, 6) is -0.285. The van der Waals surface area contributed by atoms with Gasteiger partial charge in [0.05, 0.1) is 12.0 Å². The van der Waals surface area contributed by atoms with Crippen molar-refractivity contribution >= 4 is 11.6 Å². The highest BCUT2D eigenvalue weighted by atomic mass is 19.4. The highest BCUT2D eigenvalue weighted by molar-refractivity contribution is 5.92. The largest absolute Gasteiger partial charge is 0.459 e. The molecule has 0 spiro atoms. The molecule has 1 aliphatic rings. The molecule has 2 aromatic rings. The number of hydrogen-bond acceptors (Lipinski definition) is 3. The predicted octanol–water partition coefficient (Wildman–Crippen LogP) is 4.97. The number of aryl methyl sites for hydroxylation is 2. The summed E-state index contributed by atoms with van der Waals surface area (Å²) in [4.78, 5) is 12.3. The van der Waals surface area contributed by atoms with E-state index in [-0.39, 0.29) is 18.6 Å². The van der Waals surface area contributed by atoms with Crippen molar-refractivity contribution in [2.45, 2.75) is 38.7 Å². The quantitative estimate of drug-likeness (QED) is 0.756. The van der Waals surface area contributed by atoms with Crippen molar-refractivity contribution in [1.82, 2.24) is 0 Å². The molecule has 1 heterocycles. The van der Waals surface area contributed by atoms with E-state index in [4.69, 9.17) is 9.47 Å². The fourth-order valence-electron chi connectivity index (χ4n) is 2.88. The zero-order chi connectivity index (χ0) is 20.1. The van der Waals surface area contributed by atoms with Gasteiger partial charge < -0.3 is 14.8 Å². The van der Waals surface area contributed by atoms with E-state index in [1.54, 1.807) is 0 Å². The van der Waals surface area contributed by atoms with Gasteiger partial charge >= 0.3 is 6.18 Å². The molecule has 0 fully saturated rings. The predicted molar refractivity (Wildman–Crippen MR) is 98.4 cm³/mol. The van der Waals surface area contributed by atoms with Crippen LogP contribution in [0.3, 0.4) is 0 Å². The number of carbonyl (C=O) groups is 1. The Labute approximate surface area is 161 Å². The lowest BCUT2D eigenvalue weighted by Crippen LogP contribution is -2.15. The molecule has 0 saturated heterocycles.